The summed E-state index contributed by atoms with van der Waals surface area (Å²) < 4.78 is 11.8. The number of nitrogens with two attached hydrogens (primary N) is 1. The zero-order valence-electron chi connectivity index (χ0n) is 11.2. The third-order valence-electron chi connectivity index (χ3n) is 2.69. The Bertz CT molecular complexity index is 247. The molecule has 0 radical (unpaired) electrons. The number of carbonyl (C=O) groups excluding carboxylic acids is 1. The standard InChI is InChI=1S/C12H26N2O2S/c1-4-5-6-7-14-12(15)11(3)17(16)9-10(2)8-13/h10-11H,4-9,13H2,1-3H3,(H,14,15). The van der Waals surface area contributed by atoms with E-state index in [4.69, 9.17) is 5.73 Å². The van der Waals surface area contributed by atoms with Crippen LogP contribution >= 0.6 is 0 Å². The molecule has 3 atom stereocenters. The molecule has 0 saturated heterocycles. The van der Waals surface area contributed by atoms with Gasteiger partial charge in [-0.25, -0.2) is 0 Å². The predicted molar refractivity (Wildman–Crippen MR) is 73.2 cm³/mol. The Labute approximate surface area is 107 Å². The highest BCUT2D eigenvalue weighted by atomic mass is 32.2. The molecule has 102 valence electrons. The average Bonchev–Trinajstić information content (AvgIpc) is 2.33. The molecule has 0 aromatic rings. The van der Waals surface area contributed by atoms with Gasteiger partial charge < -0.3 is 11.1 Å². The lowest BCUT2D eigenvalue weighted by molar-refractivity contribution is -0.120. The second kappa shape index (κ2) is 9.59. The lowest BCUT2D eigenvalue weighted by Gasteiger charge is -2.14. The normalized spacial score (nSPS) is 16.2. The topological polar surface area (TPSA) is 72.2 Å². The molecule has 0 aliphatic rings. The molecule has 3 N–H and O–H groups in total. The van der Waals surface area contributed by atoms with Gasteiger partial charge in [0.25, 0.3) is 0 Å². The van der Waals surface area contributed by atoms with Crippen LogP contribution in [0, 0.1) is 5.92 Å². The van der Waals surface area contributed by atoms with E-state index in [1.54, 1.807) is 6.92 Å². The van der Waals surface area contributed by atoms with Gasteiger partial charge in [0, 0.05) is 23.1 Å². The third-order valence-corrected chi connectivity index (χ3v) is 4.59. The summed E-state index contributed by atoms with van der Waals surface area (Å²) in [5, 5.41) is 2.39. The molecule has 0 saturated carbocycles. The maximum absolute atomic E-state index is 11.8. The van der Waals surface area contributed by atoms with Crippen molar-refractivity contribution in [2.45, 2.75) is 45.3 Å². The van der Waals surface area contributed by atoms with Crippen LogP contribution in [0.5, 0.6) is 0 Å². The van der Waals surface area contributed by atoms with Gasteiger partial charge in [-0.15, -0.1) is 0 Å². The summed E-state index contributed by atoms with van der Waals surface area (Å²) in [6.45, 7) is 6.98. The second-order valence-corrected chi connectivity index (χ2v) is 6.33. The first kappa shape index (κ1) is 16.6. The summed E-state index contributed by atoms with van der Waals surface area (Å²) in [4.78, 5) is 11.7. The number of hydrogen-bond donors (Lipinski definition) is 2. The van der Waals surface area contributed by atoms with Crippen LogP contribution in [0.2, 0.25) is 0 Å². The van der Waals surface area contributed by atoms with Crippen LogP contribution in [0.1, 0.15) is 40.0 Å². The number of rotatable bonds is 9. The Balaban J connectivity index is 3.90. The summed E-state index contributed by atoms with van der Waals surface area (Å²) in [6.07, 6.45) is 3.23. The van der Waals surface area contributed by atoms with Crippen molar-refractivity contribution in [2.75, 3.05) is 18.8 Å². The fourth-order valence-electron chi connectivity index (χ4n) is 1.34. The molecule has 4 nitrogen and oxygen atoms in total. The van der Waals surface area contributed by atoms with Gasteiger partial charge in [-0.1, -0.05) is 26.7 Å². The smallest absolute Gasteiger partial charge is 0.235 e. The minimum absolute atomic E-state index is 0.108. The number of carbonyl (C=O) groups is 1. The fourth-order valence-corrected chi connectivity index (χ4v) is 2.65. The largest absolute Gasteiger partial charge is 0.355 e. The Kier molecular flexibility index (Phi) is 9.36. The van der Waals surface area contributed by atoms with E-state index in [2.05, 4.69) is 12.2 Å². The van der Waals surface area contributed by atoms with E-state index in [1.165, 1.54) is 0 Å². The minimum Gasteiger partial charge on any atom is -0.355 e. The molecule has 0 rings (SSSR count). The molecule has 5 heteroatoms. The van der Waals surface area contributed by atoms with Crippen LogP contribution in [-0.4, -0.2) is 34.2 Å². The molecule has 0 fully saturated rings. The molecule has 0 aliphatic carbocycles. The van der Waals surface area contributed by atoms with Gasteiger partial charge in [0.1, 0.15) is 5.25 Å². The second-order valence-electron chi connectivity index (χ2n) is 4.53. The van der Waals surface area contributed by atoms with Crippen LogP contribution in [-0.2, 0) is 15.6 Å². The van der Waals surface area contributed by atoms with Gasteiger partial charge in [0.2, 0.25) is 5.91 Å². The highest BCUT2D eigenvalue weighted by Gasteiger charge is 2.20. The van der Waals surface area contributed by atoms with Gasteiger partial charge in [-0.05, 0) is 25.8 Å². The van der Waals surface area contributed by atoms with Gasteiger partial charge in [-0.3, -0.25) is 9.00 Å². The molecule has 0 bridgehead atoms. The van der Waals surface area contributed by atoms with Crippen LogP contribution < -0.4 is 11.1 Å². The van der Waals surface area contributed by atoms with Crippen molar-refractivity contribution in [3.63, 3.8) is 0 Å². The number of amides is 1. The van der Waals surface area contributed by atoms with Crippen molar-refractivity contribution in [1.82, 2.24) is 5.32 Å². The van der Waals surface area contributed by atoms with E-state index < -0.39 is 16.0 Å². The van der Waals surface area contributed by atoms with Crippen molar-refractivity contribution in [2.24, 2.45) is 11.7 Å². The Morgan fingerprint density at radius 2 is 2.00 bits per heavy atom. The molecule has 0 aliphatic heterocycles. The molecular weight excluding hydrogens is 236 g/mol. The monoisotopic (exact) mass is 262 g/mol. The van der Waals surface area contributed by atoms with Crippen LogP contribution in [0.15, 0.2) is 0 Å². The van der Waals surface area contributed by atoms with Gasteiger partial charge in [0.05, 0.1) is 0 Å². The third kappa shape index (κ3) is 7.49. The molecule has 3 unspecified atom stereocenters. The van der Waals surface area contributed by atoms with Crippen molar-refractivity contribution in [3.05, 3.63) is 0 Å². The Morgan fingerprint density at radius 3 is 2.53 bits per heavy atom. The number of unbranched alkanes of at least 4 members (excludes halogenated alkanes) is 2. The SMILES string of the molecule is CCCCCNC(=O)C(C)S(=O)CC(C)CN. The summed E-state index contributed by atoms with van der Waals surface area (Å²) >= 11 is 0. The number of nitrogens with one attached hydrogen (secondary N) is 1. The highest BCUT2D eigenvalue weighted by molar-refractivity contribution is 7.86. The molecule has 0 spiro atoms. The van der Waals surface area contributed by atoms with Crippen LogP contribution in [0.4, 0.5) is 0 Å². The molecule has 17 heavy (non-hydrogen) atoms. The van der Waals surface area contributed by atoms with E-state index in [0.717, 1.165) is 19.3 Å². The summed E-state index contributed by atoms with van der Waals surface area (Å²) in [7, 11) is -1.12. The van der Waals surface area contributed by atoms with Crippen molar-refractivity contribution >= 4 is 16.7 Å². The van der Waals surface area contributed by atoms with Gasteiger partial charge >= 0.3 is 0 Å². The summed E-state index contributed by atoms with van der Waals surface area (Å²) in [5.74, 6) is 0.592. The molecule has 0 heterocycles. The van der Waals surface area contributed by atoms with E-state index in [-0.39, 0.29) is 11.8 Å². The maximum Gasteiger partial charge on any atom is 0.235 e. The molecule has 0 aromatic carbocycles. The highest BCUT2D eigenvalue weighted by Crippen LogP contribution is 2.03. The van der Waals surface area contributed by atoms with E-state index in [1.807, 2.05) is 6.92 Å². The summed E-state index contributed by atoms with van der Waals surface area (Å²) in [5.41, 5.74) is 5.48. The minimum atomic E-state index is -1.12. The van der Waals surface area contributed by atoms with E-state index >= 15 is 0 Å². The predicted octanol–water partition coefficient (Wildman–Crippen LogP) is 1.02. The first-order valence-electron chi connectivity index (χ1n) is 6.37. The summed E-state index contributed by atoms with van der Waals surface area (Å²) in [6, 6.07) is 0. The van der Waals surface area contributed by atoms with Crippen LogP contribution in [0.25, 0.3) is 0 Å². The van der Waals surface area contributed by atoms with Crippen molar-refractivity contribution in [3.8, 4) is 0 Å². The Morgan fingerprint density at radius 1 is 1.35 bits per heavy atom. The van der Waals surface area contributed by atoms with Gasteiger partial charge in [0.15, 0.2) is 0 Å². The van der Waals surface area contributed by atoms with Crippen LogP contribution in [0.3, 0.4) is 0 Å². The first-order chi connectivity index (χ1) is 8.02. The molecule has 1 amide bonds. The average molecular weight is 262 g/mol. The lowest BCUT2D eigenvalue weighted by atomic mass is 10.2. The number of hydrogen-bond acceptors (Lipinski definition) is 3. The van der Waals surface area contributed by atoms with E-state index in [0.29, 0.717) is 18.8 Å². The maximum atomic E-state index is 11.8. The molecule has 0 aromatic heterocycles. The zero-order valence-corrected chi connectivity index (χ0v) is 12.0. The quantitative estimate of drug-likeness (QED) is 0.610. The fraction of sp³-hybridized carbons (Fsp3) is 0.917. The molecular formula is C12H26N2O2S. The van der Waals surface area contributed by atoms with Crippen molar-refractivity contribution in [1.29, 1.82) is 0 Å². The zero-order chi connectivity index (χ0) is 13.3. The van der Waals surface area contributed by atoms with Gasteiger partial charge in [-0.2, -0.15) is 0 Å². The Hall–Kier alpha value is -0.420. The lowest BCUT2D eigenvalue weighted by Crippen LogP contribution is -2.37. The first-order valence-corrected chi connectivity index (χ1v) is 7.76. The van der Waals surface area contributed by atoms with Crippen molar-refractivity contribution < 1.29 is 9.00 Å². The van der Waals surface area contributed by atoms with E-state index in [9.17, 15) is 9.00 Å².